The van der Waals surface area contributed by atoms with Crippen molar-refractivity contribution in [3.8, 4) is 11.5 Å². The summed E-state index contributed by atoms with van der Waals surface area (Å²) < 4.78 is 20.5. The van der Waals surface area contributed by atoms with Crippen LogP contribution in [0.15, 0.2) is 78.9 Å². The number of nitrogens with one attached hydrogen (secondary N) is 2. The highest BCUT2D eigenvalue weighted by Gasteiger charge is 2.88. The number of allylic oxidation sites excluding steroid dienone is 1. The van der Waals surface area contributed by atoms with Gasteiger partial charge in [-0.2, -0.15) is 0 Å². The molecule has 4 aromatic carbocycles. The van der Waals surface area contributed by atoms with E-state index in [2.05, 4.69) is 28.5 Å². The quantitative estimate of drug-likeness (QED) is 0.0674. The lowest BCUT2D eigenvalue weighted by molar-refractivity contribution is -0.396. The summed E-state index contributed by atoms with van der Waals surface area (Å²) in [5.41, 5.74) is -1.84. The summed E-state index contributed by atoms with van der Waals surface area (Å²) in [5, 5.41) is 80.7. The minimum atomic E-state index is -2.59. The number of aryl methyl sites for hydroxylation is 1. The smallest absolute Gasteiger partial charge is 0.343 e. The molecule has 4 saturated carbocycles. The second-order valence-corrected chi connectivity index (χ2v) is 20.4. The summed E-state index contributed by atoms with van der Waals surface area (Å²) >= 11 is 0. The Morgan fingerprint density at radius 1 is 0.937 bits per heavy atom. The van der Waals surface area contributed by atoms with Gasteiger partial charge in [-0.1, -0.05) is 48.6 Å². The standard InChI is InChI=1S/C51H54N2O10/c1-52-23-30-21-36-41-29-14-17-48(36,47(44(30)57)16-15-32-10-9-31-8-6-28-19-33(55)11-12-35(28)49(31,32)47)63-45-43(62-51(60,39(56)22-29)50(41,45)59)46(58)61-42-38(24-54)53-37-13-7-27-18-25-4-2-3-5-26(25)20-34(27)40(37)42/h2-5,7,11-14,17-20,29-32,36,39,41,43-45,52-57,59-60H,6,8-10,15-16,21-24H2,1H3. The number of phenols is 1. The van der Waals surface area contributed by atoms with Crippen LogP contribution in [0, 0.1) is 40.9 Å². The predicted molar refractivity (Wildman–Crippen MR) is 232 cm³/mol. The van der Waals surface area contributed by atoms with Gasteiger partial charge in [0.1, 0.15) is 18.0 Å². The lowest BCUT2D eigenvalue weighted by atomic mass is 9.36. The molecule has 1 aromatic heterocycles. The van der Waals surface area contributed by atoms with Gasteiger partial charge >= 0.3 is 5.97 Å². The molecule has 8 aliphatic rings. The van der Waals surface area contributed by atoms with Gasteiger partial charge in [0.2, 0.25) is 5.79 Å². The Morgan fingerprint density at radius 2 is 1.73 bits per heavy atom. The molecule has 13 rings (SSSR count). The van der Waals surface area contributed by atoms with E-state index in [1.165, 1.54) is 0 Å². The number of aromatic nitrogens is 1. The summed E-state index contributed by atoms with van der Waals surface area (Å²) in [6, 6.07) is 21.7. The van der Waals surface area contributed by atoms with Crippen LogP contribution >= 0.6 is 0 Å². The van der Waals surface area contributed by atoms with Gasteiger partial charge in [0.05, 0.1) is 34.9 Å². The Labute approximate surface area is 363 Å². The largest absolute Gasteiger partial charge is 0.508 e. The molecule has 2 saturated heterocycles. The summed E-state index contributed by atoms with van der Waals surface area (Å²) in [4.78, 5) is 18.4. The predicted octanol–water partition coefficient (Wildman–Crippen LogP) is 5.01. The zero-order valence-electron chi connectivity index (χ0n) is 35.2. The molecule has 8 N–H and O–H groups in total. The van der Waals surface area contributed by atoms with E-state index in [4.69, 9.17) is 14.2 Å². The number of aromatic hydroxyl groups is 1. The van der Waals surface area contributed by atoms with Gasteiger partial charge < -0.3 is 55.2 Å². The van der Waals surface area contributed by atoms with Crippen molar-refractivity contribution in [1.82, 2.24) is 10.3 Å². The molecule has 0 radical (unpaired) electrons. The first-order chi connectivity index (χ1) is 30.4. The number of benzene rings is 4. The van der Waals surface area contributed by atoms with Crippen molar-refractivity contribution in [2.75, 3.05) is 13.6 Å². The molecule has 12 nitrogen and oxygen atoms in total. The van der Waals surface area contributed by atoms with Gasteiger partial charge in [0.15, 0.2) is 17.5 Å². The van der Waals surface area contributed by atoms with Crippen LogP contribution in [0.4, 0.5) is 0 Å². The Morgan fingerprint density at radius 3 is 2.52 bits per heavy atom. The number of aromatic amines is 1. The lowest BCUT2D eigenvalue weighted by Crippen LogP contribution is -2.84. The highest BCUT2D eigenvalue weighted by Crippen LogP contribution is 2.80. The molecule has 6 fully saturated rings. The SMILES string of the molecule is CNCC1CC2C3C4C=CC2(OC2C(C(=O)Oc5c(CO)[nH]c6ccc7cc8ccccc8cc7c56)OC(O)(C(O)C4)C23O)C2(CCC3CCC4CCc5cc(O)ccc5C432)C1O. The molecule has 15 atom stereocenters. The molecule has 3 heterocycles. The maximum absolute atomic E-state index is 15.2. The van der Waals surface area contributed by atoms with Gasteiger partial charge in [-0.25, -0.2) is 4.79 Å². The van der Waals surface area contributed by atoms with E-state index in [0.29, 0.717) is 30.3 Å². The Balaban J connectivity index is 0.998. The number of ether oxygens (including phenoxy) is 3. The number of fused-ring (bicyclic) bond motifs is 5. The van der Waals surface area contributed by atoms with E-state index in [-0.39, 0.29) is 41.4 Å². The van der Waals surface area contributed by atoms with Crippen molar-refractivity contribution in [3.05, 3.63) is 95.7 Å². The maximum atomic E-state index is 15.2. The lowest BCUT2D eigenvalue weighted by Gasteiger charge is -2.74. The van der Waals surface area contributed by atoms with Crippen molar-refractivity contribution >= 4 is 38.4 Å². The molecular weight excluding hydrogens is 801 g/mol. The Bertz CT molecular complexity index is 2810. The van der Waals surface area contributed by atoms with E-state index >= 15 is 4.79 Å². The number of H-pyrrole nitrogens is 1. The van der Waals surface area contributed by atoms with Crippen LogP contribution in [-0.4, -0.2) is 96.6 Å². The van der Waals surface area contributed by atoms with Gasteiger partial charge in [-0.05, 0) is 151 Å². The number of carbonyl (C=O) groups excluding carboxylic acids is 1. The van der Waals surface area contributed by atoms with Crippen LogP contribution in [0.2, 0.25) is 0 Å². The molecule has 15 unspecified atom stereocenters. The first-order valence-corrected chi connectivity index (χ1v) is 23.1. The van der Waals surface area contributed by atoms with Gasteiger partial charge in [-0.3, -0.25) is 0 Å². The number of hydrogen-bond acceptors (Lipinski definition) is 11. The average molecular weight is 855 g/mol. The summed E-state index contributed by atoms with van der Waals surface area (Å²) in [7, 11) is 1.89. The van der Waals surface area contributed by atoms with E-state index in [9.17, 15) is 30.6 Å². The summed E-state index contributed by atoms with van der Waals surface area (Å²) in [5.74, 6) is -4.56. The summed E-state index contributed by atoms with van der Waals surface area (Å²) in [6.45, 7) is 0.0501. The zero-order chi connectivity index (χ0) is 43.0. The van der Waals surface area contributed by atoms with Crippen LogP contribution in [0.25, 0.3) is 32.4 Å². The van der Waals surface area contributed by atoms with Crippen LogP contribution < -0.4 is 10.1 Å². The van der Waals surface area contributed by atoms with Crippen molar-refractivity contribution in [2.24, 2.45) is 40.9 Å². The van der Waals surface area contributed by atoms with Gasteiger partial charge in [0.25, 0.3) is 0 Å². The van der Waals surface area contributed by atoms with Crippen LogP contribution in [0.3, 0.4) is 0 Å². The molecule has 5 aromatic rings. The maximum Gasteiger partial charge on any atom is 0.343 e. The van der Waals surface area contributed by atoms with Crippen molar-refractivity contribution in [1.29, 1.82) is 0 Å². The fraction of sp³-hybridized carbons (Fsp3) is 0.510. The molecule has 0 amide bonds. The van der Waals surface area contributed by atoms with Crippen molar-refractivity contribution in [2.45, 2.75) is 105 Å². The normalized spacial score (nSPS) is 42.7. The molecule has 2 aliphatic heterocycles. The molecule has 2 bridgehead atoms. The number of carbonyl (C=O) groups is 1. The first kappa shape index (κ1) is 39.0. The number of aliphatic hydroxyl groups excluding tert-OH is 3. The minimum absolute atomic E-state index is 0.0862. The van der Waals surface area contributed by atoms with Gasteiger partial charge in [0, 0.05) is 23.3 Å². The third-order valence-corrected chi connectivity index (χ3v) is 18.4. The van der Waals surface area contributed by atoms with E-state index in [1.54, 1.807) is 6.07 Å². The fourth-order valence-corrected chi connectivity index (χ4v) is 16.5. The van der Waals surface area contributed by atoms with Crippen LogP contribution in [0.1, 0.15) is 61.8 Å². The van der Waals surface area contributed by atoms with Crippen molar-refractivity contribution < 1.29 is 49.6 Å². The van der Waals surface area contributed by atoms with E-state index < -0.39 is 82.6 Å². The van der Waals surface area contributed by atoms with Crippen LogP contribution in [0.5, 0.6) is 11.5 Å². The highest BCUT2D eigenvalue weighted by atomic mass is 16.7. The third kappa shape index (κ3) is 4.43. The molecule has 6 aliphatic carbocycles. The topological polar surface area (TPSA) is 194 Å². The monoisotopic (exact) mass is 854 g/mol. The molecular formula is C51H54N2O10. The fourth-order valence-electron chi connectivity index (χ4n) is 16.5. The number of aliphatic hydroxyl groups is 5. The Hall–Kier alpha value is -4.37. The zero-order valence-corrected chi connectivity index (χ0v) is 35.2. The first-order valence-electron chi connectivity index (χ1n) is 23.1. The molecule has 2 spiro atoms. The van der Waals surface area contributed by atoms with E-state index in [1.807, 2.05) is 61.7 Å². The third-order valence-electron chi connectivity index (χ3n) is 18.4. The molecule has 12 heteroatoms. The minimum Gasteiger partial charge on any atom is -0.508 e. The number of esters is 1. The number of hydrogen-bond donors (Lipinski definition) is 8. The number of phenolic OH excluding ortho intramolecular Hbond substituents is 1. The van der Waals surface area contributed by atoms with Crippen LogP contribution in [-0.2, 0) is 32.7 Å². The Kier molecular flexibility index (Phi) is 8.00. The average Bonchev–Trinajstić information content (AvgIpc) is 4.00. The highest BCUT2D eigenvalue weighted by molar-refractivity contribution is 6.14. The van der Waals surface area contributed by atoms with E-state index in [0.717, 1.165) is 64.8 Å². The van der Waals surface area contributed by atoms with Crippen molar-refractivity contribution in [3.63, 3.8) is 0 Å². The molecule has 63 heavy (non-hydrogen) atoms. The number of rotatable bonds is 5. The summed E-state index contributed by atoms with van der Waals surface area (Å²) in [6.07, 6.45) is 4.27. The van der Waals surface area contributed by atoms with Gasteiger partial charge in [-0.15, -0.1) is 0 Å². The second-order valence-electron chi connectivity index (χ2n) is 20.4. The second kappa shape index (κ2) is 12.9. The molecule has 328 valence electrons.